The molecule has 3 rings (SSSR count). The number of amides is 3. The quantitative estimate of drug-likeness (QED) is 0.545. The van der Waals surface area contributed by atoms with Crippen molar-refractivity contribution in [3.63, 3.8) is 0 Å². The van der Waals surface area contributed by atoms with Crippen LogP contribution < -0.4 is 15.4 Å². The van der Waals surface area contributed by atoms with E-state index < -0.39 is 23.7 Å². The molecule has 0 bridgehead atoms. The van der Waals surface area contributed by atoms with E-state index in [4.69, 9.17) is 4.74 Å². The number of rotatable bonds is 8. The van der Waals surface area contributed by atoms with E-state index in [1.54, 1.807) is 29.2 Å². The molecule has 1 fully saturated rings. The van der Waals surface area contributed by atoms with E-state index >= 15 is 0 Å². The van der Waals surface area contributed by atoms with E-state index in [2.05, 4.69) is 10.6 Å². The summed E-state index contributed by atoms with van der Waals surface area (Å²) in [6.45, 7) is 4.46. The molecule has 1 saturated heterocycles. The molecular weight excluding hydrogens is 487 g/mol. The van der Waals surface area contributed by atoms with Gasteiger partial charge < -0.3 is 20.3 Å². The monoisotopic (exact) mass is 519 g/mol. The standard InChI is InChI=1S/C27H32F3N3O4/c1-4-17(2)31-25(35)23(32-24(34)19-7-11-22(37-3)12-8-19)18-13-15-33(16-14-18)26(36)20-5-9-21(10-6-20)27(28,29)30/h5-12,17-18,23H,4,13-16H2,1-3H3,(H,31,35)(H,32,34)/t17-,23+/m1/s1. The summed E-state index contributed by atoms with van der Waals surface area (Å²) < 4.78 is 43.6. The van der Waals surface area contributed by atoms with Gasteiger partial charge in [-0.05, 0) is 80.6 Å². The highest BCUT2D eigenvalue weighted by Crippen LogP contribution is 2.30. The zero-order chi connectivity index (χ0) is 27.2. The van der Waals surface area contributed by atoms with Crippen LogP contribution in [0.4, 0.5) is 13.2 Å². The Balaban J connectivity index is 1.68. The minimum Gasteiger partial charge on any atom is -0.497 e. The average Bonchev–Trinajstić information content (AvgIpc) is 2.90. The van der Waals surface area contributed by atoms with Gasteiger partial charge in [0.05, 0.1) is 12.7 Å². The van der Waals surface area contributed by atoms with Gasteiger partial charge in [-0.1, -0.05) is 6.92 Å². The first-order valence-electron chi connectivity index (χ1n) is 12.2. The Morgan fingerprint density at radius 2 is 1.54 bits per heavy atom. The summed E-state index contributed by atoms with van der Waals surface area (Å²) in [5, 5.41) is 5.80. The highest BCUT2D eigenvalue weighted by molar-refractivity contribution is 5.98. The number of methoxy groups -OCH3 is 1. The molecule has 7 nitrogen and oxygen atoms in total. The van der Waals surface area contributed by atoms with Crippen LogP contribution in [0.15, 0.2) is 48.5 Å². The maximum absolute atomic E-state index is 13.1. The summed E-state index contributed by atoms with van der Waals surface area (Å²) in [5.41, 5.74) is -0.257. The van der Waals surface area contributed by atoms with Crippen molar-refractivity contribution in [2.24, 2.45) is 5.92 Å². The van der Waals surface area contributed by atoms with Crippen molar-refractivity contribution in [2.75, 3.05) is 20.2 Å². The third kappa shape index (κ3) is 7.24. The van der Waals surface area contributed by atoms with Gasteiger partial charge in [0, 0.05) is 30.3 Å². The van der Waals surface area contributed by atoms with Crippen molar-refractivity contribution in [2.45, 2.75) is 51.4 Å². The van der Waals surface area contributed by atoms with E-state index in [-0.39, 0.29) is 29.3 Å². The molecule has 0 aromatic heterocycles. The third-order valence-corrected chi connectivity index (χ3v) is 6.68. The van der Waals surface area contributed by atoms with Crippen LogP contribution in [-0.4, -0.2) is 54.9 Å². The summed E-state index contributed by atoms with van der Waals surface area (Å²) in [5.74, 6) is -0.662. The van der Waals surface area contributed by atoms with Crippen LogP contribution in [0.5, 0.6) is 5.75 Å². The molecule has 0 unspecified atom stereocenters. The van der Waals surface area contributed by atoms with E-state index in [0.29, 0.717) is 37.2 Å². The maximum Gasteiger partial charge on any atom is 0.416 e. The first-order chi connectivity index (χ1) is 17.5. The van der Waals surface area contributed by atoms with Crippen molar-refractivity contribution in [1.29, 1.82) is 0 Å². The lowest BCUT2D eigenvalue weighted by atomic mass is 9.88. The average molecular weight is 520 g/mol. The van der Waals surface area contributed by atoms with E-state index in [0.717, 1.165) is 18.6 Å². The van der Waals surface area contributed by atoms with Crippen molar-refractivity contribution < 1.29 is 32.3 Å². The summed E-state index contributed by atoms with van der Waals surface area (Å²) in [6, 6.07) is 9.81. The number of hydrogen-bond donors (Lipinski definition) is 2. The molecule has 2 aromatic rings. The molecule has 0 spiro atoms. The zero-order valence-corrected chi connectivity index (χ0v) is 21.1. The normalized spacial score (nSPS) is 16.0. The SMILES string of the molecule is CC[C@@H](C)NC(=O)[C@@H](NC(=O)c1ccc(OC)cc1)C1CCN(C(=O)c2ccc(C(F)(F)F)cc2)CC1. The van der Waals surface area contributed by atoms with Crippen LogP contribution in [0.25, 0.3) is 0 Å². The molecule has 1 aliphatic heterocycles. The number of alkyl halides is 3. The van der Waals surface area contributed by atoms with Crippen molar-refractivity contribution in [1.82, 2.24) is 15.5 Å². The second-order valence-electron chi connectivity index (χ2n) is 9.20. The van der Waals surface area contributed by atoms with Gasteiger partial charge in [-0.3, -0.25) is 14.4 Å². The molecule has 2 N–H and O–H groups in total. The molecule has 200 valence electrons. The second kappa shape index (κ2) is 12.1. The summed E-state index contributed by atoms with van der Waals surface area (Å²) in [7, 11) is 1.53. The lowest BCUT2D eigenvalue weighted by molar-refractivity contribution is -0.137. The fourth-order valence-corrected chi connectivity index (χ4v) is 4.22. The first-order valence-corrected chi connectivity index (χ1v) is 12.2. The molecule has 1 heterocycles. The lowest BCUT2D eigenvalue weighted by Gasteiger charge is -2.36. The molecule has 2 aromatic carbocycles. The highest BCUT2D eigenvalue weighted by atomic mass is 19.4. The van der Waals surface area contributed by atoms with Crippen molar-refractivity contribution in [3.05, 3.63) is 65.2 Å². The number of carbonyl (C=O) groups is 3. The van der Waals surface area contributed by atoms with Gasteiger partial charge in [0.2, 0.25) is 5.91 Å². The first kappa shape index (κ1) is 28.0. The Bertz CT molecular complexity index is 1080. The van der Waals surface area contributed by atoms with Gasteiger partial charge in [-0.25, -0.2) is 0 Å². The van der Waals surface area contributed by atoms with Crippen LogP contribution in [-0.2, 0) is 11.0 Å². The molecule has 1 aliphatic rings. The Kier molecular flexibility index (Phi) is 9.18. The molecule has 0 saturated carbocycles. The number of hydrogen-bond acceptors (Lipinski definition) is 4. The number of benzene rings is 2. The second-order valence-corrected chi connectivity index (χ2v) is 9.20. The Morgan fingerprint density at radius 1 is 0.973 bits per heavy atom. The Hall–Kier alpha value is -3.56. The Labute approximate surface area is 214 Å². The van der Waals surface area contributed by atoms with Crippen molar-refractivity contribution in [3.8, 4) is 5.75 Å². The minimum atomic E-state index is -4.47. The van der Waals surface area contributed by atoms with Gasteiger partial charge >= 0.3 is 6.18 Å². The number of nitrogens with zero attached hydrogens (tertiary/aromatic N) is 1. The van der Waals surface area contributed by atoms with Gasteiger partial charge in [0.25, 0.3) is 11.8 Å². The minimum absolute atomic E-state index is 0.0748. The molecule has 37 heavy (non-hydrogen) atoms. The van der Waals surface area contributed by atoms with Crippen LogP contribution in [0.2, 0.25) is 0 Å². The van der Waals surface area contributed by atoms with E-state index in [1.165, 1.54) is 19.2 Å². The fourth-order valence-electron chi connectivity index (χ4n) is 4.22. The number of halogens is 3. The molecule has 10 heteroatoms. The van der Waals surface area contributed by atoms with Crippen LogP contribution >= 0.6 is 0 Å². The van der Waals surface area contributed by atoms with Gasteiger partial charge in [0.15, 0.2) is 0 Å². The zero-order valence-electron chi connectivity index (χ0n) is 21.1. The smallest absolute Gasteiger partial charge is 0.416 e. The lowest BCUT2D eigenvalue weighted by Crippen LogP contribution is -2.55. The largest absolute Gasteiger partial charge is 0.497 e. The molecule has 0 aliphatic carbocycles. The molecule has 3 amide bonds. The number of ether oxygens (including phenoxy) is 1. The number of piperidine rings is 1. The summed E-state index contributed by atoms with van der Waals surface area (Å²) in [4.78, 5) is 40.5. The van der Waals surface area contributed by atoms with Crippen LogP contribution in [0.3, 0.4) is 0 Å². The highest BCUT2D eigenvalue weighted by Gasteiger charge is 2.35. The molecular formula is C27H32F3N3O4. The van der Waals surface area contributed by atoms with Gasteiger partial charge in [-0.15, -0.1) is 0 Å². The Morgan fingerprint density at radius 3 is 2.05 bits per heavy atom. The third-order valence-electron chi connectivity index (χ3n) is 6.68. The van der Waals surface area contributed by atoms with E-state index in [1.807, 2.05) is 13.8 Å². The van der Waals surface area contributed by atoms with Gasteiger partial charge in [0.1, 0.15) is 11.8 Å². The summed E-state index contributed by atoms with van der Waals surface area (Å²) >= 11 is 0. The predicted molar refractivity (Wildman–Crippen MR) is 132 cm³/mol. The number of likely N-dealkylation sites (tertiary alicyclic amines) is 1. The predicted octanol–water partition coefficient (Wildman–Crippen LogP) is 4.28. The maximum atomic E-state index is 13.1. The summed E-state index contributed by atoms with van der Waals surface area (Å²) in [6.07, 6.45) is -2.84. The van der Waals surface area contributed by atoms with Crippen LogP contribution in [0.1, 0.15) is 59.4 Å². The topological polar surface area (TPSA) is 87.7 Å². The number of nitrogens with one attached hydrogen (secondary N) is 2. The molecule has 0 radical (unpaired) electrons. The van der Waals surface area contributed by atoms with Crippen LogP contribution in [0, 0.1) is 5.92 Å². The van der Waals surface area contributed by atoms with Gasteiger partial charge in [-0.2, -0.15) is 13.2 Å². The van der Waals surface area contributed by atoms with Crippen molar-refractivity contribution >= 4 is 17.7 Å². The molecule has 2 atom stereocenters. The van der Waals surface area contributed by atoms with E-state index in [9.17, 15) is 27.6 Å². The fraction of sp³-hybridized carbons (Fsp3) is 0.444. The number of carbonyl (C=O) groups excluding carboxylic acids is 3.